The van der Waals surface area contributed by atoms with Gasteiger partial charge in [0.05, 0.1) is 6.61 Å². The molecule has 0 heterocycles. The highest BCUT2D eigenvalue weighted by atomic mass is 16.5. The maximum absolute atomic E-state index is 10.6. The van der Waals surface area contributed by atoms with Crippen molar-refractivity contribution in [3.05, 3.63) is 0 Å². The molecule has 0 aliphatic heterocycles. The van der Waals surface area contributed by atoms with E-state index in [0.717, 1.165) is 12.8 Å². The Morgan fingerprint density at radius 2 is 2.00 bits per heavy atom. The zero-order valence-corrected chi connectivity index (χ0v) is 6.85. The van der Waals surface area contributed by atoms with Gasteiger partial charge in [0.15, 0.2) is 0 Å². The minimum atomic E-state index is -0.0869. The number of ether oxygens (including phenoxy) is 1. The van der Waals surface area contributed by atoms with Crippen molar-refractivity contribution in [2.45, 2.75) is 39.5 Å². The van der Waals surface area contributed by atoms with Crippen LogP contribution in [0.25, 0.3) is 0 Å². The van der Waals surface area contributed by atoms with Gasteiger partial charge < -0.3 is 4.74 Å². The number of carbonyl (C=O) groups is 1. The van der Waals surface area contributed by atoms with Crippen molar-refractivity contribution in [2.24, 2.45) is 0 Å². The smallest absolute Gasteiger partial charge is 0.305 e. The lowest BCUT2D eigenvalue weighted by Crippen LogP contribution is -2.03. The Kier molecular flexibility index (Phi) is 6.24. The summed E-state index contributed by atoms with van der Waals surface area (Å²) in [6, 6.07) is 0. The molecule has 2 heteroatoms. The van der Waals surface area contributed by atoms with Crippen molar-refractivity contribution >= 4 is 5.97 Å². The number of esters is 1. The fourth-order valence-corrected chi connectivity index (χ4v) is 0.640. The summed E-state index contributed by atoms with van der Waals surface area (Å²) in [5, 5.41) is 0. The molecule has 60 valence electrons. The maximum Gasteiger partial charge on any atom is 0.305 e. The number of hydrogen-bond donors (Lipinski definition) is 0. The highest BCUT2D eigenvalue weighted by Gasteiger charge is 1.95. The zero-order valence-electron chi connectivity index (χ0n) is 6.85. The quantitative estimate of drug-likeness (QED) is 0.436. The van der Waals surface area contributed by atoms with Crippen LogP contribution in [-0.2, 0) is 9.53 Å². The van der Waals surface area contributed by atoms with Gasteiger partial charge in [-0.3, -0.25) is 4.79 Å². The molecule has 0 unspecified atom stereocenters. The van der Waals surface area contributed by atoms with Crippen molar-refractivity contribution in [3.63, 3.8) is 0 Å². The Balaban J connectivity index is 2.96. The van der Waals surface area contributed by atoms with Gasteiger partial charge in [0, 0.05) is 6.42 Å². The molecule has 0 rings (SSSR count). The minimum Gasteiger partial charge on any atom is -0.466 e. The second-order valence-electron chi connectivity index (χ2n) is 2.28. The lowest BCUT2D eigenvalue weighted by Gasteiger charge is -2.00. The molecule has 0 radical (unpaired) electrons. The van der Waals surface area contributed by atoms with E-state index in [1.54, 1.807) is 0 Å². The van der Waals surface area contributed by atoms with Crippen molar-refractivity contribution < 1.29 is 9.53 Å². The molecule has 0 saturated heterocycles. The van der Waals surface area contributed by atoms with Gasteiger partial charge in [0.25, 0.3) is 0 Å². The molecular formula is C8H16O2. The molecule has 10 heavy (non-hydrogen) atoms. The van der Waals surface area contributed by atoms with Gasteiger partial charge in [0.2, 0.25) is 0 Å². The van der Waals surface area contributed by atoms with Crippen LogP contribution in [-0.4, -0.2) is 12.6 Å². The molecule has 0 bridgehead atoms. The Labute approximate surface area is 62.6 Å². The predicted octanol–water partition coefficient (Wildman–Crippen LogP) is 2.13. The topological polar surface area (TPSA) is 26.3 Å². The van der Waals surface area contributed by atoms with Gasteiger partial charge in [-0.2, -0.15) is 0 Å². The summed E-state index contributed by atoms with van der Waals surface area (Å²) in [6.07, 6.45) is 3.81. The van der Waals surface area contributed by atoms with Crippen LogP contribution in [0.3, 0.4) is 0 Å². The van der Waals surface area contributed by atoms with Gasteiger partial charge in [-0.1, -0.05) is 26.7 Å². The molecule has 0 fully saturated rings. The molecule has 0 saturated carbocycles. The SMILES string of the molecule is CCCCCOC(=O)CC. The first-order valence-corrected chi connectivity index (χ1v) is 3.96. The molecule has 0 spiro atoms. The fourth-order valence-electron chi connectivity index (χ4n) is 0.640. The first kappa shape index (κ1) is 9.47. The molecule has 0 aromatic heterocycles. The summed E-state index contributed by atoms with van der Waals surface area (Å²) in [7, 11) is 0. The lowest BCUT2D eigenvalue weighted by molar-refractivity contribution is -0.143. The third kappa shape index (κ3) is 5.60. The molecule has 0 amide bonds. The van der Waals surface area contributed by atoms with E-state index in [9.17, 15) is 4.79 Å². The second-order valence-corrected chi connectivity index (χ2v) is 2.28. The number of rotatable bonds is 5. The van der Waals surface area contributed by atoms with E-state index in [1.807, 2.05) is 6.92 Å². The van der Waals surface area contributed by atoms with E-state index in [1.165, 1.54) is 6.42 Å². The fraction of sp³-hybridized carbons (Fsp3) is 0.875. The van der Waals surface area contributed by atoms with Crippen molar-refractivity contribution in [3.8, 4) is 0 Å². The van der Waals surface area contributed by atoms with Crippen molar-refractivity contribution in [1.29, 1.82) is 0 Å². The standard InChI is InChI=1S/C8H16O2/c1-3-5-6-7-10-8(9)4-2/h3-7H2,1-2H3. The second kappa shape index (κ2) is 6.59. The predicted molar refractivity (Wildman–Crippen MR) is 40.8 cm³/mol. The molecule has 0 aromatic carbocycles. The number of hydrogen-bond acceptors (Lipinski definition) is 2. The van der Waals surface area contributed by atoms with E-state index in [0.29, 0.717) is 13.0 Å². The zero-order chi connectivity index (χ0) is 7.82. The largest absolute Gasteiger partial charge is 0.466 e. The molecular weight excluding hydrogens is 128 g/mol. The van der Waals surface area contributed by atoms with E-state index in [-0.39, 0.29) is 5.97 Å². The first-order valence-electron chi connectivity index (χ1n) is 3.96. The van der Waals surface area contributed by atoms with Crippen LogP contribution in [0.15, 0.2) is 0 Å². The van der Waals surface area contributed by atoms with Crippen molar-refractivity contribution in [2.75, 3.05) is 6.61 Å². The van der Waals surface area contributed by atoms with Crippen LogP contribution in [0, 0.1) is 0 Å². The third-order valence-electron chi connectivity index (χ3n) is 1.30. The Hall–Kier alpha value is -0.530. The van der Waals surface area contributed by atoms with Crippen LogP contribution < -0.4 is 0 Å². The third-order valence-corrected chi connectivity index (χ3v) is 1.30. The van der Waals surface area contributed by atoms with Gasteiger partial charge >= 0.3 is 5.97 Å². The summed E-state index contributed by atoms with van der Waals surface area (Å²) in [5.74, 6) is -0.0869. The van der Waals surface area contributed by atoms with E-state index >= 15 is 0 Å². The molecule has 0 atom stereocenters. The van der Waals surface area contributed by atoms with Gasteiger partial charge in [-0.25, -0.2) is 0 Å². The normalized spacial score (nSPS) is 9.40. The van der Waals surface area contributed by atoms with Crippen LogP contribution in [0.1, 0.15) is 39.5 Å². The summed E-state index contributed by atoms with van der Waals surface area (Å²) >= 11 is 0. The van der Waals surface area contributed by atoms with E-state index in [4.69, 9.17) is 4.74 Å². The van der Waals surface area contributed by atoms with Crippen LogP contribution in [0.2, 0.25) is 0 Å². The lowest BCUT2D eigenvalue weighted by atomic mass is 10.3. The molecule has 0 aromatic rings. The molecule has 2 nitrogen and oxygen atoms in total. The summed E-state index contributed by atoms with van der Waals surface area (Å²) in [5.41, 5.74) is 0. The Morgan fingerprint density at radius 3 is 2.50 bits per heavy atom. The average Bonchev–Trinajstić information content (AvgIpc) is 1.98. The first-order chi connectivity index (χ1) is 4.81. The summed E-state index contributed by atoms with van der Waals surface area (Å²) in [4.78, 5) is 10.6. The monoisotopic (exact) mass is 144 g/mol. The van der Waals surface area contributed by atoms with Crippen molar-refractivity contribution in [1.82, 2.24) is 0 Å². The molecule has 0 aliphatic rings. The molecule has 0 N–H and O–H groups in total. The average molecular weight is 144 g/mol. The Morgan fingerprint density at radius 1 is 1.30 bits per heavy atom. The Bertz CT molecular complexity index is 89.3. The minimum absolute atomic E-state index is 0.0869. The summed E-state index contributed by atoms with van der Waals surface area (Å²) in [6.45, 7) is 4.53. The highest BCUT2D eigenvalue weighted by Crippen LogP contribution is 1.95. The maximum atomic E-state index is 10.6. The van der Waals surface area contributed by atoms with E-state index < -0.39 is 0 Å². The summed E-state index contributed by atoms with van der Waals surface area (Å²) < 4.78 is 4.85. The number of carbonyl (C=O) groups excluding carboxylic acids is 1. The van der Waals surface area contributed by atoms with E-state index in [2.05, 4.69) is 6.92 Å². The van der Waals surface area contributed by atoms with Gasteiger partial charge in [-0.15, -0.1) is 0 Å². The van der Waals surface area contributed by atoms with Gasteiger partial charge in [-0.05, 0) is 6.42 Å². The van der Waals surface area contributed by atoms with Crippen LogP contribution in [0.4, 0.5) is 0 Å². The van der Waals surface area contributed by atoms with Crippen LogP contribution in [0.5, 0.6) is 0 Å². The molecule has 0 aliphatic carbocycles. The highest BCUT2D eigenvalue weighted by molar-refractivity contribution is 5.68. The van der Waals surface area contributed by atoms with Gasteiger partial charge in [0.1, 0.15) is 0 Å². The number of unbranched alkanes of at least 4 members (excludes halogenated alkanes) is 2. The van der Waals surface area contributed by atoms with Crippen LogP contribution >= 0.6 is 0 Å².